The van der Waals surface area contributed by atoms with Crippen molar-refractivity contribution in [3.63, 3.8) is 0 Å². The second kappa shape index (κ2) is 4.56. The molecule has 4 rings (SSSR count). The number of anilines is 1. The molecule has 2 saturated heterocycles. The number of epoxide rings is 1. The summed E-state index contributed by atoms with van der Waals surface area (Å²) in [5.41, 5.74) is 2.48. The summed E-state index contributed by atoms with van der Waals surface area (Å²) in [5.74, 6) is -0.843. The summed E-state index contributed by atoms with van der Waals surface area (Å²) in [4.78, 5) is 24.9. The van der Waals surface area contributed by atoms with Crippen molar-refractivity contribution >= 4 is 29.1 Å². The number of hydrazine groups is 1. The number of benzene rings is 2. The Balaban J connectivity index is 1.65. The van der Waals surface area contributed by atoms with Crippen molar-refractivity contribution in [2.24, 2.45) is 0 Å². The molecule has 1 spiro atoms. The molecule has 0 saturated carbocycles. The number of carbonyl (C=O) groups is 2. The molecule has 2 aromatic rings. The van der Waals surface area contributed by atoms with Crippen LogP contribution in [0.1, 0.15) is 11.7 Å². The van der Waals surface area contributed by atoms with E-state index in [1.807, 2.05) is 6.07 Å². The van der Waals surface area contributed by atoms with Crippen LogP contribution in [-0.4, -0.2) is 17.4 Å². The quantitative estimate of drug-likeness (QED) is 0.683. The summed E-state index contributed by atoms with van der Waals surface area (Å²) in [6.45, 7) is 0. The van der Waals surface area contributed by atoms with Gasteiger partial charge >= 0.3 is 0 Å². The van der Waals surface area contributed by atoms with Crippen molar-refractivity contribution in [2.75, 3.05) is 5.01 Å². The predicted octanol–water partition coefficient (Wildman–Crippen LogP) is 2.23. The van der Waals surface area contributed by atoms with Gasteiger partial charge in [0.1, 0.15) is 6.10 Å². The minimum absolute atomic E-state index is 0.399. The summed E-state index contributed by atoms with van der Waals surface area (Å²) >= 11 is 5.85. The van der Waals surface area contributed by atoms with Gasteiger partial charge in [0.25, 0.3) is 17.4 Å². The topological polar surface area (TPSA) is 61.9 Å². The first-order valence-electron chi connectivity index (χ1n) is 6.77. The largest absolute Gasteiger partial charge is 0.341 e. The van der Waals surface area contributed by atoms with Crippen LogP contribution in [0.3, 0.4) is 0 Å². The molecule has 1 N–H and O–H groups in total. The Bertz CT molecular complexity index is 763. The van der Waals surface area contributed by atoms with E-state index in [4.69, 9.17) is 16.3 Å². The van der Waals surface area contributed by atoms with E-state index in [9.17, 15) is 9.59 Å². The van der Waals surface area contributed by atoms with Crippen LogP contribution in [0.15, 0.2) is 54.6 Å². The maximum atomic E-state index is 12.6. The highest BCUT2D eigenvalue weighted by Crippen LogP contribution is 2.53. The fourth-order valence-corrected chi connectivity index (χ4v) is 2.81. The van der Waals surface area contributed by atoms with Crippen LogP contribution in [-0.2, 0) is 14.3 Å². The molecular weight excluding hydrogens is 304 g/mol. The van der Waals surface area contributed by atoms with Gasteiger partial charge in [0.15, 0.2) is 0 Å². The monoisotopic (exact) mass is 314 g/mol. The molecule has 2 aromatic carbocycles. The van der Waals surface area contributed by atoms with Crippen molar-refractivity contribution in [2.45, 2.75) is 11.7 Å². The average Bonchev–Trinajstić information content (AvgIpc) is 3.25. The van der Waals surface area contributed by atoms with Crippen LogP contribution in [0, 0.1) is 0 Å². The smallest absolute Gasteiger partial charge is 0.291 e. The van der Waals surface area contributed by atoms with Crippen molar-refractivity contribution < 1.29 is 14.3 Å². The summed E-state index contributed by atoms with van der Waals surface area (Å²) < 4.78 is 5.52. The number of para-hydroxylation sites is 1. The molecule has 22 heavy (non-hydrogen) atoms. The molecule has 0 bridgehead atoms. The molecule has 110 valence electrons. The zero-order chi connectivity index (χ0) is 15.3. The van der Waals surface area contributed by atoms with E-state index in [0.717, 1.165) is 5.56 Å². The first-order chi connectivity index (χ1) is 10.6. The zero-order valence-electron chi connectivity index (χ0n) is 11.3. The molecule has 2 amide bonds. The van der Waals surface area contributed by atoms with E-state index < -0.39 is 23.5 Å². The Morgan fingerprint density at radius 1 is 1.05 bits per heavy atom. The number of hydrogen-bond acceptors (Lipinski definition) is 3. The number of nitrogens with one attached hydrogen (secondary N) is 1. The van der Waals surface area contributed by atoms with E-state index in [1.165, 1.54) is 5.01 Å². The molecule has 0 aliphatic carbocycles. The summed E-state index contributed by atoms with van der Waals surface area (Å²) in [7, 11) is 0. The normalized spacial score (nSPS) is 26.4. The van der Waals surface area contributed by atoms with Crippen molar-refractivity contribution in [1.29, 1.82) is 0 Å². The van der Waals surface area contributed by atoms with Crippen LogP contribution in [0.2, 0.25) is 5.02 Å². The van der Waals surface area contributed by atoms with Gasteiger partial charge in [0, 0.05) is 5.02 Å². The third kappa shape index (κ3) is 1.76. The van der Waals surface area contributed by atoms with Gasteiger partial charge in [-0.05, 0) is 29.8 Å². The number of rotatable bonds is 2. The second-order valence-corrected chi connectivity index (χ2v) is 5.64. The summed E-state index contributed by atoms with van der Waals surface area (Å²) in [6.07, 6.45) is -0.578. The van der Waals surface area contributed by atoms with Gasteiger partial charge < -0.3 is 4.74 Å². The number of ether oxygens (including phenoxy) is 1. The third-order valence-electron chi connectivity index (χ3n) is 3.87. The minimum Gasteiger partial charge on any atom is -0.341 e. The SMILES string of the molecule is O=C1NN(c2ccccc2)C(=O)C12OC2c1ccc(Cl)cc1. The van der Waals surface area contributed by atoms with Crippen molar-refractivity contribution in [1.82, 2.24) is 5.43 Å². The molecule has 0 aromatic heterocycles. The average molecular weight is 315 g/mol. The molecule has 2 aliphatic heterocycles. The van der Waals surface area contributed by atoms with Gasteiger partial charge in [-0.3, -0.25) is 15.0 Å². The molecule has 5 nitrogen and oxygen atoms in total. The standard InChI is InChI=1S/C16H11ClN2O3/c17-11-8-6-10(7-9-11)13-16(22-13)14(20)18-19(15(16)21)12-4-2-1-3-5-12/h1-9,13H,(H,18,20). The number of halogens is 1. The number of hydrogen-bond donors (Lipinski definition) is 1. The first kappa shape index (κ1) is 13.3. The van der Waals surface area contributed by atoms with E-state index >= 15 is 0 Å². The lowest BCUT2D eigenvalue weighted by Gasteiger charge is -2.14. The highest BCUT2D eigenvalue weighted by molar-refractivity contribution is 6.30. The third-order valence-corrected chi connectivity index (χ3v) is 4.13. The van der Waals surface area contributed by atoms with Crippen LogP contribution < -0.4 is 10.4 Å². The fraction of sp³-hybridized carbons (Fsp3) is 0.125. The van der Waals surface area contributed by atoms with Crippen LogP contribution in [0.4, 0.5) is 5.69 Å². The van der Waals surface area contributed by atoms with E-state index in [1.54, 1.807) is 48.5 Å². The molecular formula is C16H11ClN2O3. The number of nitrogens with zero attached hydrogens (tertiary/aromatic N) is 1. The molecule has 6 heteroatoms. The van der Waals surface area contributed by atoms with E-state index in [-0.39, 0.29) is 0 Å². The highest BCUT2D eigenvalue weighted by Gasteiger charge is 2.74. The zero-order valence-corrected chi connectivity index (χ0v) is 12.1. The summed E-state index contributed by atoms with van der Waals surface area (Å²) in [6, 6.07) is 15.9. The Labute approximate surface area is 131 Å². The Kier molecular flexibility index (Phi) is 2.76. The predicted molar refractivity (Wildman–Crippen MR) is 80.1 cm³/mol. The van der Waals surface area contributed by atoms with E-state index in [2.05, 4.69) is 5.43 Å². The lowest BCUT2D eigenvalue weighted by atomic mass is 9.99. The van der Waals surface area contributed by atoms with Crippen molar-refractivity contribution in [3.05, 3.63) is 65.2 Å². The lowest BCUT2D eigenvalue weighted by Crippen LogP contribution is -2.36. The molecule has 2 fully saturated rings. The summed E-state index contributed by atoms with van der Waals surface area (Å²) in [5, 5.41) is 1.82. The minimum atomic E-state index is -1.45. The molecule has 2 unspecified atom stereocenters. The molecule has 2 aliphatic rings. The van der Waals surface area contributed by atoms with Gasteiger partial charge in [-0.1, -0.05) is 41.9 Å². The maximum absolute atomic E-state index is 12.6. The highest BCUT2D eigenvalue weighted by atomic mass is 35.5. The number of carbonyl (C=O) groups excluding carboxylic acids is 2. The fourth-order valence-electron chi connectivity index (χ4n) is 2.68. The second-order valence-electron chi connectivity index (χ2n) is 5.20. The van der Waals surface area contributed by atoms with Crippen molar-refractivity contribution in [3.8, 4) is 0 Å². The van der Waals surface area contributed by atoms with E-state index in [0.29, 0.717) is 10.7 Å². The van der Waals surface area contributed by atoms with Gasteiger partial charge in [0.2, 0.25) is 0 Å². The van der Waals surface area contributed by atoms with Gasteiger partial charge in [-0.15, -0.1) is 0 Å². The molecule has 0 radical (unpaired) electrons. The van der Waals surface area contributed by atoms with Crippen LogP contribution in [0.5, 0.6) is 0 Å². The Morgan fingerprint density at radius 2 is 1.73 bits per heavy atom. The Hall–Kier alpha value is -2.37. The first-order valence-corrected chi connectivity index (χ1v) is 7.15. The Morgan fingerprint density at radius 3 is 2.41 bits per heavy atom. The van der Waals surface area contributed by atoms with Gasteiger partial charge in [-0.25, -0.2) is 5.01 Å². The van der Waals surface area contributed by atoms with Gasteiger partial charge in [0.05, 0.1) is 5.69 Å². The number of amides is 2. The molecule has 2 atom stereocenters. The van der Waals surface area contributed by atoms with Crippen LogP contribution in [0.25, 0.3) is 0 Å². The maximum Gasteiger partial charge on any atom is 0.291 e. The molecule has 2 heterocycles. The van der Waals surface area contributed by atoms with Gasteiger partial charge in [-0.2, -0.15) is 0 Å². The lowest BCUT2D eigenvalue weighted by molar-refractivity contribution is -0.129. The van der Waals surface area contributed by atoms with Crippen LogP contribution >= 0.6 is 11.6 Å².